The lowest BCUT2D eigenvalue weighted by atomic mass is 9.87. The van der Waals surface area contributed by atoms with Crippen molar-refractivity contribution in [3.8, 4) is 5.88 Å². The van der Waals surface area contributed by atoms with Gasteiger partial charge in [0.25, 0.3) is 0 Å². The Labute approximate surface area is 246 Å². The Bertz CT molecular complexity index is 1590. The number of hydrogen-bond donors (Lipinski definition) is 3. The number of sulfonamides is 1. The summed E-state index contributed by atoms with van der Waals surface area (Å²) in [6.07, 6.45) is 3.51. The van der Waals surface area contributed by atoms with Gasteiger partial charge in [0.1, 0.15) is 16.4 Å². The molecule has 0 radical (unpaired) electrons. The Kier molecular flexibility index (Phi) is 8.61. The lowest BCUT2D eigenvalue weighted by Gasteiger charge is -2.37. The smallest absolute Gasteiger partial charge is 0.407 e. The molecule has 1 aromatic carbocycles. The summed E-state index contributed by atoms with van der Waals surface area (Å²) in [6.45, 7) is -0.906. The van der Waals surface area contributed by atoms with Crippen molar-refractivity contribution in [2.75, 3.05) is 32.1 Å². The highest BCUT2D eigenvalue weighted by Gasteiger charge is 2.41. The molecule has 3 heterocycles. The number of hydrogen-bond acceptors (Lipinski definition) is 9. The monoisotopic (exact) mass is 617 g/mol. The van der Waals surface area contributed by atoms with Crippen LogP contribution in [0.5, 0.6) is 5.88 Å². The Morgan fingerprint density at radius 1 is 1.07 bits per heavy atom. The number of carboxylic acid groups (broad SMARTS) is 2. The number of anilines is 1. The minimum atomic E-state index is -4.25. The van der Waals surface area contributed by atoms with Crippen LogP contribution in [0.4, 0.5) is 9.93 Å². The molecule has 0 bridgehead atoms. The van der Waals surface area contributed by atoms with E-state index in [1.165, 1.54) is 30.6 Å². The van der Waals surface area contributed by atoms with Gasteiger partial charge >= 0.3 is 12.1 Å². The minimum Gasteiger partial charge on any atom is -0.481 e. The number of aliphatic carboxylic acids is 1. The Hall–Kier alpha value is -3.82. The highest BCUT2D eigenvalue weighted by molar-refractivity contribution is 7.89. The zero-order valence-corrected chi connectivity index (χ0v) is 24.4. The van der Waals surface area contributed by atoms with Crippen LogP contribution in [0, 0.1) is 5.92 Å². The van der Waals surface area contributed by atoms with Crippen LogP contribution in [0.3, 0.4) is 0 Å². The van der Waals surface area contributed by atoms with Gasteiger partial charge in [-0.1, -0.05) is 49.2 Å². The summed E-state index contributed by atoms with van der Waals surface area (Å²) in [5.41, 5.74) is 1.26. The fraction of sp³-hybridized carbons (Fsp3) is 0.444. The predicted octanol–water partition coefficient (Wildman–Crippen LogP) is 3.44. The van der Waals surface area contributed by atoms with E-state index in [2.05, 4.69) is 15.3 Å². The number of fused-ring (bicyclic) bond motifs is 1. The van der Waals surface area contributed by atoms with Crippen molar-refractivity contribution < 1.29 is 37.8 Å². The van der Waals surface area contributed by atoms with E-state index in [1.807, 2.05) is 0 Å². The molecule has 3 aromatic rings. The molecule has 3 N–H and O–H groups in total. The number of carbonyl (C=O) groups excluding carboxylic acids is 1. The molecule has 2 fully saturated rings. The summed E-state index contributed by atoms with van der Waals surface area (Å²) in [5, 5.41) is 22.2. The van der Waals surface area contributed by atoms with Crippen molar-refractivity contribution in [2.24, 2.45) is 5.92 Å². The van der Waals surface area contributed by atoms with Gasteiger partial charge in [-0.15, -0.1) is 0 Å². The zero-order valence-electron chi connectivity index (χ0n) is 22.8. The number of thiazole rings is 1. The van der Waals surface area contributed by atoms with Crippen molar-refractivity contribution in [1.29, 1.82) is 0 Å². The average molecular weight is 618 g/mol. The summed E-state index contributed by atoms with van der Waals surface area (Å²) in [5.74, 6) is -1.47. The lowest BCUT2D eigenvalue weighted by Crippen LogP contribution is -2.59. The van der Waals surface area contributed by atoms with Crippen molar-refractivity contribution in [1.82, 2.24) is 19.2 Å². The number of aromatic nitrogens is 2. The summed E-state index contributed by atoms with van der Waals surface area (Å²) < 4.78 is 32.9. The summed E-state index contributed by atoms with van der Waals surface area (Å²) in [6, 6.07) is 7.81. The number of nitrogens with zero attached hydrogens (tertiary/aromatic N) is 4. The van der Waals surface area contributed by atoms with Crippen molar-refractivity contribution in [3.63, 3.8) is 0 Å². The van der Waals surface area contributed by atoms with E-state index in [9.17, 15) is 33.0 Å². The van der Waals surface area contributed by atoms with Gasteiger partial charge in [0.2, 0.25) is 21.8 Å². The van der Waals surface area contributed by atoms with Gasteiger partial charge in [0.05, 0.1) is 24.5 Å². The molecule has 42 heavy (non-hydrogen) atoms. The first kappa shape index (κ1) is 29.7. The number of amides is 2. The van der Waals surface area contributed by atoms with Gasteiger partial charge in [-0.05, 0) is 36.1 Å². The number of rotatable bonds is 9. The molecule has 5 rings (SSSR count). The third-order valence-corrected chi connectivity index (χ3v) is 10.6. The molecule has 1 aliphatic heterocycles. The Morgan fingerprint density at radius 2 is 1.79 bits per heavy atom. The quantitative estimate of drug-likeness (QED) is 0.322. The molecule has 2 amide bonds. The molecule has 2 atom stereocenters. The summed E-state index contributed by atoms with van der Waals surface area (Å²) >= 11 is 1.23. The molecule has 13 nitrogen and oxygen atoms in total. The van der Waals surface area contributed by atoms with Crippen LogP contribution in [0.1, 0.15) is 43.6 Å². The van der Waals surface area contributed by atoms with Crippen molar-refractivity contribution in [2.45, 2.75) is 49.0 Å². The second kappa shape index (κ2) is 12.2. The van der Waals surface area contributed by atoms with Crippen LogP contribution in [-0.4, -0.2) is 88.6 Å². The largest absolute Gasteiger partial charge is 0.481 e. The van der Waals surface area contributed by atoms with Gasteiger partial charge in [-0.3, -0.25) is 9.59 Å². The second-order valence-corrected chi connectivity index (χ2v) is 13.3. The highest BCUT2D eigenvalue weighted by atomic mass is 32.2. The topological polar surface area (TPSA) is 179 Å². The van der Waals surface area contributed by atoms with E-state index in [1.54, 1.807) is 24.3 Å². The van der Waals surface area contributed by atoms with E-state index in [-0.39, 0.29) is 23.9 Å². The molecule has 1 aliphatic carbocycles. The summed E-state index contributed by atoms with van der Waals surface area (Å²) in [4.78, 5) is 47.0. The van der Waals surface area contributed by atoms with Gasteiger partial charge in [0, 0.05) is 19.2 Å². The standard InChI is InChI=1S/C27H31N5O8S2/c1-40-22-11-10-20-24(29-22)41-26(28-20)30-23(33)19(14-16-4-2-3-5-16)17-6-8-18(9-7-17)42(38,39)32-13-12-31(27(36)37)15-21(32)25(34)35/h6-11,16,19,21H,2-5,12-15H2,1H3,(H,34,35)(H,36,37)(H,28,30,33). The molecule has 2 unspecified atom stereocenters. The maximum Gasteiger partial charge on any atom is 0.407 e. The van der Waals surface area contributed by atoms with Gasteiger partial charge in [-0.25, -0.2) is 23.2 Å². The molecule has 15 heteroatoms. The van der Waals surface area contributed by atoms with E-state index in [4.69, 9.17) is 4.74 Å². The number of ether oxygens (including phenoxy) is 1. The summed E-state index contributed by atoms with van der Waals surface area (Å²) in [7, 11) is -2.73. The van der Waals surface area contributed by atoms with Crippen molar-refractivity contribution >= 4 is 54.8 Å². The normalized spacial score (nSPS) is 19.1. The average Bonchev–Trinajstić information content (AvgIpc) is 3.64. The van der Waals surface area contributed by atoms with E-state index in [0.29, 0.717) is 39.3 Å². The molecular weight excluding hydrogens is 586 g/mol. The number of nitrogens with one attached hydrogen (secondary N) is 1. The third kappa shape index (κ3) is 6.17. The number of carboxylic acids is 1. The predicted molar refractivity (Wildman–Crippen MR) is 153 cm³/mol. The second-order valence-electron chi connectivity index (χ2n) is 10.4. The van der Waals surface area contributed by atoms with Crippen LogP contribution >= 0.6 is 11.3 Å². The number of methoxy groups -OCH3 is 1. The third-order valence-electron chi connectivity index (χ3n) is 7.81. The minimum absolute atomic E-state index is 0.132. The zero-order chi connectivity index (χ0) is 30.0. The number of piperazine rings is 1. The van der Waals surface area contributed by atoms with Gasteiger partial charge in [0.15, 0.2) is 5.13 Å². The first-order valence-electron chi connectivity index (χ1n) is 13.5. The fourth-order valence-corrected chi connectivity index (χ4v) is 7.97. The van der Waals surface area contributed by atoms with Crippen LogP contribution < -0.4 is 10.1 Å². The van der Waals surface area contributed by atoms with Crippen LogP contribution in [0.2, 0.25) is 0 Å². The molecular formula is C27H31N5O8S2. The molecule has 0 spiro atoms. The Morgan fingerprint density at radius 3 is 2.43 bits per heavy atom. The number of pyridine rings is 1. The molecule has 2 aliphatic rings. The molecule has 1 saturated carbocycles. The maximum atomic E-state index is 13.6. The number of carbonyl (C=O) groups is 3. The van der Waals surface area contributed by atoms with Crippen LogP contribution in [0.25, 0.3) is 10.3 Å². The Balaban J connectivity index is 1.38. The fourth-order valence-electron chi connectivity index (χ4n) is 5.57. The SMILES string of the molecule is COc1ccc2nc(NC(=O)C(CC3CCCC3)c3ccc(S(=O)(=O)N4CCN(C(=O)O)CC4C(=O)O)cc3)sc2n1. The van der Waals surface area contributed by atoms with Gasteiger partial charge in [-0.2, -0.15) is 4.31 Å². The van der Waals surface area contributed by atoms with Crippen LogP contribution in [-0.2, 0) is 19.6 Å². The maximum absolute atomic E-state index is 13.6. The molecule has 224 valence electrons. The molecule has 1 saturated heterocycles. The van der Waals surface area contributed by atoms with Gasteiger partial charge < -0.3 is 25.2 Å². The van der Waals surface area contributed by atoms with Crippen molar-refractivity contribution in [3.05, 3.63) is 42.0 Å². The van der Waals surface area contributed by atoms with E-state index < -0.39 is 40.6 Å². The van der Waals surface area contributed by atoms with E-state index in [0.717, 1.165) is 34.9 Å². The first-order valence-corrected chi connectivity index (χ1v) is 15.8. The number of benzene rings is 1. The van der Waals surface area contributed by atoms with Crippen LogP contribution in [0.15, 0.2) is 41.3 Å². The molecule has 2 aromatic heterocycles. The van der Waals surface area contributed by atoms with E-state index >= 15 is 0 Å². The first-order chi connectivity index (χ1) is 20.1. The highest BCUT2D eigenvalue weighted by Crippen LogP contribution is 2.36. The lowest BCUT2D eigenvalue weighted by molar-refractivity contribution is -0.143.